The molecular weight excluding hydrogens is 302 g/mol. The number of rotatable bonds is 6. The molecule has 24 heavy (non-hydrogen) atoms. The Bertz CT molecular complexity index is 534. The normalized spacial score (nSPS) is 28.2. The van der Waals surface area contributed by atoms with Gasteiger partial charge in [-0.2, -0.15) is 0 Å². The quantitative estimate of drug-likeness (QED) is 0.869. The lowest BCUT2D eigenvalue weighted by molar-refractivity contribution is -0.0316. The second-order valence-corrected chi connectivity index (χ2v) is 7.25. The highest BCUT2D eigenvalue weighted by molar-refractivity contribution is 5.36. The Morgan fingerprint density at radius 1 is 1.21 bits per heavy atom. The zero-order valence-electron chi connectivity index (χ0n) is 15.0. The predicted octanol–water partition coefficient (Wildman–Crippen LogP) is 2.94. The van der Waals surface area contributed by atoms with Crippen LogP contribution in [0.4, 0.5) is 0 Å². The molecule has 1 unspecified atom stereocenters. The Kier molecular flexibility index (Phi) is 6.14. The van der Waals surface area contributed by atoms with E-state index in [1.807, 2.05) is 0 Å². The van der Waals surface area contributed by atoms with E-state index >= 15 is 0 Å². The summed E-state index contributed by atoms with van der Waals surface area (Å²) < 4.78 is 11.7. The molecule has 1 saturated carbocycles. The first-order chi connectivity index (χ1) is 11.7. The molecule has 4 heteroatoms. The van der Waals surface area contributed by atoms with E-state index in [4.69, 9.17) is 9.47 Å². The van der Waals surface area contributed by atoms with Crippen LogP contribution in [0.5, 0.6) is 5.75 Å². The van der Waals surface area contributed by atoms with E-state index in [0.29, 0.717) is 12.1 Å². The molecule has 0 spiro atoms. The maximum absolute atomic E-state index is 9.82. The first-order valence-electron chi connectivity index (χ1n) is 9.34. The fourth-order valence-corrected chi connectivity index (χ4v) is 4.11. The first-order valence-corrected chi connectivity index (χ1v) is 9.34. The standard InChI is InChI=1S/C20H31NO3/c1-15-7-8-16(13-20(15)23-2)10-12-24-19-6-4-3-5-18(19)21-11-9-17(22)14-21/h7-8,13,17-19,22H,3-6,9-12,14H2,1-2H3/t17-,18?,19-/m1/s1. The van der Waals surface area contributed by atoms with Crippen LogP contribution in [0.2, 0.25) is 0 Å². The molecule has 0 radical (unpaired) electrons. The SMILES string of the molecule is COc1cc(CCO[C@@H]2CCCCC2N2CC[C@@H](O)C2)ccc1C. The molecule has 0 aromatic heterocycles. The Balaban J connectivity index is 1.52. The average Bonchev–Trinajstić information content (AvgIpc) is 3.03. The Morgan fingerprint density at radius 2 is 2.04 bits per heavy atom. The van der Waals surface area contributed by atoms with Crippen molar-refractivity contribution in [2.45, 2.75) is 63.7 Å². The molecular formula is C20H31NO3. The van der Waals surface area contributed by atoms with E-state index in [1.54, 1.807) is 7.11 Å². The molecule has 1 aromatic rings. The molecule has 3 atom stereocenters. The number of β-amino-alcohol motifs (C(OH)–C–C–N with tert-alkyl or cyclic N) is 1. The number of benzene rings is 1. The van der Waals surface area contributed by atoms with Crippen LogP contribution in [0.25, 0.3) is 0 Å². The third-order valence-corrected chi connectivity index (χ3v) is 5.53. The van der Waals surface area contributed by atoms with Crippen LogP contribution >= 0.6 is 0 Å². The van der Waals surface area contributed by atoms with E-state index in [-0.39, 0.29) is 6.10 Å². The third-order valence-electron chi connectivity index (χ3n) is 5.53. The molecule has 1 aromatic carbocycles. The summed E-state index contributed by atoms with van der Waals surface area (Å²) in [5.41, 5.74) is 2.43. The number of methoxy groups -OCH3 is 1. The van der Waals surface area contributed by atoms with Gasteiger partial charge in [-0.1, -0.05) is 25.0 Å². The van der Waals surface area contributed by atoms with Crippen molar-refractivity contribution in [1.82, 2.24) is 4.90 Å². The van der Waals surface area contributed by atoms with E-state index in [9.17, 15) is 5.11 Å². The Hall–Kier alpha value is -1.10. The van der Waals surface area contributed by atoms with Crippen LogP contribution in [0.15, 0.2) is 18.2 Å². The van der Waals surface area contributed by atoms with E-state index < -0.39 is 0 Å². The zero-order valence-corrected chi connectivity index (χ0v) is 15.0. The summed E-state index contributed by atoms with van der Waals surface area (Å²) in [6.07, 6.45) is 6.89. The number of likely N-dealkylation sites (tertiary alicyclic amines) is 1. The van der Waals surface area contributed by atoms with Crippen molar-refractivity contribution < 1.29 is 14.6 Å². The van der Waals surface area contributed by atoms with E-state index in [1.165, 1.54) is 30.4 Å². The van der Waals surface area contributed by atoms with E-state index in [0.717, 1.165) is 44.7 Å². The van der Waals surface area contributed by atoms with Crippen LogP contribution in [0, 0.1) is 6.92 Å². The van der Waals surface area contributed by atoms with Crippen molar-refractivity contribution in [2.75, 3.05) is 26.8 Å². The smallest absolute Gasteiger partial charge is 0.122 e. The van der Waals surface area contributed by atoms with Gasteiger partial charge in [0.25, 0.3) is 0 Å². The van der Waals surface area contributed by atoms with Gasteiger partial charge in [0.15, 0.2) is 0 Å². The van der Waals surface area contributed by atoms with Crippen molar-refractivity contribution in [3.8, 4) is 5.75 Å². The molecule has 1 saturated heterocycles. The van der Waals surface area contributed by atoms with Gasteiger partial charge < -0.3 is 14.6 Å². The number of nitrogens with zero attached hydrogens (tertiary/aromatic N) is 1. The Morgan fingerprint density at radius 3 is 2.79 bits per heavy atom. The van der Waals surface area contributed by atoms with Crippen LogP contribution < -0.4 is 4.74 Å². The van der Waals surface area contributed by atoms with Gasteiger partial charge in [-0.05, 0) is 49.8 Å². The van der Waals surface area contributed by atoms with Gasteiger partial charge in [-0.25, -0.2) is 0 Å². The summed E-state index contributed by atoms with van der Waals surface area (Å²) in [4.78, 5) is 2.45. The maximum atomic E-state index is 9.82. The highest BCUT2D eigenvalue weighted by atomic mass is 16.5. The van der Waals surface area contributed by atoms with Crippen molar-refractivity contribution in [3.63, 3.8) is 0 Å². The summed E-state index contributed by atoms with van der Waals surface area (Å²) in [6.45, 7) is 4.65. The van der Waals surface area contributed by atoms with Gasteiger partial charge in [0.05, 0.1) is 25.9 Å². The van der Waals surface area contributed by atoms with Crippen molar-refractivity contribution >= 4 is 0 Å². The minimum atomic E-state index is -0.146. The molecule has 3 rings (SSSR count). The lowest BCUT2D eigenvalue weighted by atomic mass is 9.91. The lowest BCUT2D eigenvalue weighted by Gasteiger charge is -2.37. The van der Waals surface area contributed by atoms with Gasteiger partial charge >= 0.3 is 0 Å². The fraction of sp³-hybridized carbons (Fsp3) is 0.700. The van der Waals surface area contributed by atoms with Crippen molar-refractivity contribution in [1.29, 1.82) is 0 Å². The molecule has 2 aliphatic rings. The van der Waals surface area contributed by atoms with Crippen molar-refractivity contribution in [2.24, 2.45) is 0 Å². The average molecular weight is 333 g/mol. The van der Waals surface area contributed by atoms with Crippen molar-refractivity contribution in [3.05, 3.63) is 29.3 Å². The first kappa shape index (κ1) is 17.7. The van der Waals surface area contributed by atoms with Crippen LogP contribution in [0.3, 0.4) is 0 Å². The second kappa shape index (κ2) is 8.32. The van der Waals surface area contributed by atoms with Crippen LogP contribution in [-0.2, 0) is 11.2 Å². The predicted molar refractivity (Wildman–Crippen MR) is 95.6 cm³/mol. The highest BCUT2D eigenvalue weighted by Crippen LogP contribution is 2.28. The largest absolute Gasteiger partial charge is 0.496 e. The summed E-state index contributed by atoms with van der Waals surface area (Å²) in [7, 11) is 1.72. The summed E-state index contributed by atoms with van der Waals surface area (Å²) in [5.74, 6) is 0.953. The highest BCUT2D eigenvalue weighted by Gasteiger charge is 2.34. The molecule has 134 valence electrons. The number of aliphatic hydroxyl groups excluding tert-OH is 1. The van der Waals surface area contributed by atoms with Gasteiger partial charge in [-0.3, -0.25) is 4.90 Å². The van der Waals surface area contributed by atoms with Crippen LogP contribution in [0.1, 0.15) is 43.2 Å². The van der Waals surface area contributed by atoms with Gasteiger partial charge in [-0.15, -0.1) is 0 Å². The number of aliphatic hydroxyl groups is 1. The van der Waals surface area contributed by atoms with Gasteiger partial charge in [0.2, 0.25) is 0 Å². The minimum Gasteiger partial charge on any atom is -0.496 e. The number of ether oxygens (including phenoxy) is 2. The number of aryl methyl sites for hydroxylation is 1. The molecule has 4 nitrogen and oxygen atoms in total. The molecule has 0 bridgehead atoms. The minimum absolute atomic E-state index is 0.146. The molecule has 0 amide bonds. The number of hydrogen-bond acceptors (Lipinski definition) is 4. The van der Waals surface area contributed by atoms with Crippen LogP contribution in [-0.4, -0.2) is 55.1 Å². The maximum Gasteiger partial charge on any atom is 0.122 e. The zero-order chi connectivity index (χ0) is 16.9. The third kappa shape index (κ3) is 4.29. The molecule has 1 heterocycles. The summed E-state index contributed by atoms with van der Waals surface area (Å²) in [6, 6.07) is 6.89. The monoisotopic (exact) mass is 333 g/mol. The van der Waals surface area contributed by atoms with E-state index in [2.05, 4.69) is 30.0 Å². The summed E-state index contributed by atoms with van der Waals surface area (Å²) in [5, 5.41) is 9.82. The lowest BCUT2D eigenvalue weighted by Crippen LogP contribution is -2.46. The molecule has 2 fully saturated rings. The topological polar surface area (TPSA) is 41.9 Å². The fourth-order valence-electron chi connectivity index (χ4n) is 4.11. The van der Waals surface area contributed by atoms with Gasteiger partial charge in [0, 0.05) is 19.1 Å². The summed E-state index contributed by atoms with van der Waals surface area (Å²) >= 11 is 0. The Labute approximate surface area is 145 Å². The molecule has 1 aliphatic carbocycles. The molecule has 1 N–H and O–H groups in total. The number of hydrogen-bond donors (Lipinski definition) is 1. The van der Waals surface area contributed by atoms with Gasteiger partial charge in [0.1, 0.15) is 5.75 Å². The molecule has 1 aliphatic heterocycles. The second-order valence-electron chi connectivity index (χ2n) is 7.25.